The quantitative estimate of drug-likeness (QED) is 0.897. The second-order valence-corrected chi connectivity index (χ2v) is 5.57. The molecular formula is C17H21N5O2. The van der Waals surface area contributed by atoms with E-state index < -0.39 is 0 Å². The van der Waals surface area contributed by atoms with Gasteiger partial charge in [0.15, 0.2) is 0 Å². The Morgan fingerprint density at radius 3 is 2.83 bits per heavy atom. The molecule has 2 N–H and O–H groups in total. The molecule has 7 heteroatoms. The van der Waals surface area contributed by atoms with Crippen LogP contribution in [0.2, 0.25) is 0 Å². The summed E-state index contributed by atoms with van der Waals surface area (Å²) in [5, 5.41) is 5.66. The molecule has 0 radical (unpaired) electrons. The van der Waals surface area contributed by atoms with E-state index in [1.165, 1.54) is 0 Å². The van der Waals surface area contributed by atoms with Crippen LogP contribution in [0.3, 0.4) is 0 Å². The minimum atomic E-state index is -0.254. The Balaban J connectivity index is 1.56. The van der Waals surface area contributed by atoms with Gasteiger partial charge in [0.05, 0.1) is 25.5 Å². The van der Waals surface area contributed by atoms with Gasteiger partial charge in [-0.25, -0.2) is 14.8 Å². The first-order valence-corrected chi connectivity index (χ1v) is 7.97. The maximum atomic E-state index is 12.0. The van der Waals surface area contributed by atoms with Gasteiger partial charge < -0.3 is 20.3 Å². The minimum absolute atomic E-state index is 0.254. The number of ether oxygens (including phenoxy) is 1. The van der Waals surface area contributed by atoms with E-state index in [1.807, 2.05) is 31.2 Å². The SMILES string of the molecule is Cc1ccccc1NC(=O)NCc1ccnc(N2CCOCC2)n1. The molecule has 1 aliphatic heterocycles. The van der Waals surface area contributed by atoms with E-state index in [4.69, 9.17) is 4.74 Å². The molecule has 0 bridgehead atoms. The topological polar surface area (TPSA) is 79.4 Å². The molecule has 0 spiro atoms. The molecule has 126 valence electrons. The predicted molar refractivity (Wildman–Crippen MR) is 92.1 cm³/mol. The number of aryl methyl sites for hydroxylation is 1. The fourth-order valence-corrected chi connectivity index (χ4v) is 2.45. The molecule has 1 aromatic carbocycles. The number of para-hydroxylation sites is 1. The number of carbonyl (C=O) groups is 1. The van der Waals surface area contributed by atoms with E-state index in [0.717, 1.165) is 30.0 Å². The number of hydrogen-bond donors (Lipinski definition) is 2. The second kappa shape index (κ2) is 7.74. The maximum absolute atomic E-state index is 12.0. The van der Waals surface area contributed by atoms with Crippen LogP contribution in [-0.4, -0.2) is 42.3 Å². The van der Waals surface area contributed by atoms with Crippen molar-refractivity contribution < 1.29 is 9.53 Å². The van der Waals surface area contributed by atoms with Crippen LogP contribution >= 0.6 is 0 Å². The van der Waals surface area contributed by atoms with Crippen molar-refractivity contribution in [1.82, 2.24) is 15.3 Å². The Labute approximate surface area is 141 Å². The van der Waals surface area contributed by atoms with Crippen molar-refractivity contribution in [2.75, 3.05) is 36.5 Å². The normalized spacial score (nSPS) is 14.3. The van der Waals surface area contributed by atoms with Crippen LogP contribution in [0.5, 0.6) is 0 Å². The van der Waals surface area contributed by atoms with Crippen LogP contribution in [0.15, 0.2) is 36.5 Å². The third kappa shape index (κ3) is 4.20. The summed E-state index contributed by atoms with van der Waals surface area (Å²) in [7, 11) is 0. The van der Waals surface area contributed by atoms with Gasteiger partial charge in [0, 0.05) is 25.0 Å². The van der Waals surface area contributed by atoms with Gasteiger partial charge in [-0.2, -0.15) is 0 Å². The van der Waals surface area contributed by atoms with Crippen LogP contribution in [0.1, 0.15) is 11.3 Å². The molecule has 1 saturated heterocycles. The van der Waals surface area contributed by atoms with Gasteiger partial charge in [-0.1, -0.05) is 18.2 Å². The Morgan fingerprint density at radius 1 is 1.25 bits per heavy atom. The molecule has 2 heterocycles. The molecule has 7 nitrogen and oxygen atoms in total. The number of nitrogens with one attached hydrogen (secondary N) is 2. The van der Waals surface area contributed by atoms with Gasteiger partial charge >= 0.3 is 6.03 Å². The number of amides is 2. The summed E-state index contributed by atoms with van der Waals surface area (Å²) < 4.78 is 5.33. The predicted octanol–water partition coefficient (Wildman–Crippen LogP) is 1.94. The van der Waals surface area contributed by atoms with E-state index in [1.54, 1.807) is 12.3 Å². The number of anilines is 2. The zero-order valence-corrected chi connectivity index (χ0v) is 13.7. The fourth-order valence-electron chi connectivity index (χ4n) is 2.45. The summed E-state index contributed by atoms with van der Waals surface area (Å²) in [6.07, 6.45) is 1.72. The number of nitrogens with zero attached hydrogens (tertiary/aromatic N) is 3. The van der Waals surface area contributed by atoms with Crippen molar-refractivity contribution in [3.63, 3.8) is 0 Å². The number of benzene rings is 1. The first-order valence-electron chi connectivity index (χ1n) is 7.97. The molecule has 0 atom stereocenters. The number of aromatic nitrogens is 2. The van der Waals surface area contributed by atoms with Crippen LogP contribution in [0, 0.1) is 6.92 Å². The first-order chi connectivity index (χ1) is 11.7. The Kier molecular flexibility index (Phi) is 5.22. The third-order valence-corrected chi connectivity index (χ3v) is 3.82. The van der Waals surface area contributed by atoms with E-state index in [0.29, 0.717) is 25.7 Å². The third-order valence-electron chi connectivity index (χ3n) is 3.82. The lowest BCUT2D eigenvalue weighted by Crippen LogP contribution is -2.37. The van der Waals surface area contributed by atoms with Crippen molar-refractivity contribution in [2.45, 2.75) is 13.5 Å². The number of urea groups is 1. The van der Waals surface area contributed by atoms with Gasteiger partial charge in [-0.3, -0.25) is 0 Å². The van der Waals surface area contributed by atoms with Crippen LogP contribution in [0.25, 0.3) is 0 Å². The summed E-state index contributed by atoms with van der Waals surface area (Å²) in [6, 6.07) is 9.20. The highest BCUT2D eigenvalue weighted by Crippen LogP contribution is 2.13. The average Bonchev–Trinajstić information content (AvgIpc) is 2.63. The molecule has 1 aromatic heterocycles. The molecule has 0 saturated carbocycles. The highest BCUT2D eigenvalue weighted by Gasteiger charge is 2.14. The van der Waals surface area contributed by atoms with Crippen molar-refractivity contribution in [2.24, 2.45) is 0 Å². The van der Waals surface area contributed by atoms with Crippen LogP contribution in [-0.2, 0) is 11.3 Å². The van der Waals surface area contributed by atoms with Crippen LogP contribution < -0.4 is 15.5 Å². The highest BCUT2D eigenvalue weighted by atomic mass is 16.5. The summed E-state index contributed by atoms with van der Waals surface area (Å²) in [5.41, 5.74) is 2.59. The van der Waals surface area contributed by atoms with Gasteiger partial charge in [0.1, 0.15) is 0 Å². The van der Waals surface area contributed by atoms with Crippen molar-refractivity contribution >= 4 is 17.7 Å². The van der Waals surface area contributed by atoms with Crippen molar-refractivity contribution in [3.05, 3.63) is 47.8 Å². The van der Waals surface area contributed by atoms with Crippen molar-refractivity contribution in [1.29, 1.82) is 0 Å². The summed E-state index contributed by atoms with van der Waals surface area (Å²) in [6.45, 7) is 5.23. The molecule has 3 rings (SSSR count). The second-order valence-electron chi connectivity index (χ2n) is 5.57. The maximum Gasteiger partial charge on any atom is 0.319 e. The molecule has 0 unspecified atom stereocenters. The Morgan fingerprint density at radius 2 is 2.04 bits per heavy atom. The monoisotopic (exact) mass is 327 g/mol. The standard InChI is InChI=1S/C17H21N5O2/c1-13-4-2-3-5-15(13)21-17(23)19-12-14-6-7-18-16(20-14)22-8-10-24-11-9-22/h2-7H,8-12H2,1H3,(H2,19,21,23). The molecule has 2 amide bonds. The largest absolute Gasteiger partial charge is 0.378 e. The minimum Gasteiger partial charge on any atom is -0.378 e. The Bertz CT molecular complexity index is 701. The van der Waals surface area contributed by atoms with Crippen molar-refractivity contribution in [3.8, 4) is 0 Å². The molecule has 24 heavy (non-hydrogen) atoms. The molecule has 1 fully saturated rings. The number of carbonyl (C=O) groups excluding carboxylic acids is 1. The number of morpholine rings is 1. The molecule has 2 aromatic rings. The van der Waals surface area contributed by atoms with E-state index >= 15 is 0 Å². The van der Waals surface area contributed by atoms with Gasteiger partial charge in [0.2, 0.25) is 5.95 Å². The number of rotatable bonds is 4. The molecular weight excluding hydrogens is 306 g/mol. The lowest BCUT2D eigenvalue weighted by molar-refractivity contribution is 0.122. The smallest absolute Gasteiger partial charge is 0.319 e. The summed E-state index contributed by atoms with van der Waals surface area (Å²) >= 11 is 0. The lowest BCUT2D eigenvalue weighted by Gasteiger charge is -2.26. The van der Waals surface area contributed by atoms with Crippen LogP contribution in [0.4, 0.5) is 16.4 Å². The zero-order chi connectivity index (χ0) is 16.8. The Hall–Kier alpha value is -2.67. The fraction of sp³-hybridized carbons (Fsp3) is 0.353. The highest BCUT2D eigenvalue weighted by molar-refractivity contribution is 5.89. The average molecular weight is 327 g/mol. The summed E-state index contributed by atoms with van der Waals surface area (Å²) in [4.78, 5) is 22.9. The zero-order valence-electron chi connectivity index (χ0n) is 13.7. The molecule has 1 aliphatic rings. The van der Waals surface area contributed by atoms with Gasteiger partial charge in [0.25, 0.3) is 0 Å². The van der Waals surface area contributed by atoms with Gasteiger partial charge in [-0.15, -0.1) is 0 Å². The van der Waals surface area contributed by atoms with E-state index in [2.05, 4.69) is 25.5 Å². The summed E-state index contributed by atoms with van der Waals surface area (Å²) in [5.74, 6) is 0.678. The van der Waals surface area contributed by atoms with E-state index in [9.17, 15) is 4.79 Å². The lowest BCUT2D eigenvalue weighted by atomic mass is 10.2. The number of hydrogen-bond acceptors (Lipinski definition) is 5. The van der Waals surface area contributed by atoms with Gasteiger partial charge in [-0.05, 0) is 24.6 Å². The molecule has 0 aliphatic carbocycles. The first kappa shape index (κ1) is 16.2. The van der Waals surface area contributed by atoms with E-state index in [-0.39, 0.29) is 6.03 Å².